The van der Waals surface area contributed by atoms with E-state index in [0.717, 1.165) is 0 Å². The van der Waals surface area contributed by atoms with Crippen LogP contribution in [0.1, 0.15) is 16.4 Å². The van der Waals surface area contributed by atoms with Crippen LogP contribution in [0.15, 0.2) is 59.2 Å². The molecule has 1 amide bonds. The number of carbonyl (C=O) groups is 1. The van der Waals surface area contributed by atoms with Crippen LogP contribution in [0.2, 0.25) is 0 Å². The van der Waals surface area contributed by atoms with Gasteiger partial charge in [-0.05, 0) is 24.3 Å². The largest absolute Gasteiger partial charge is 0.484 e. The van der Waals surface area contributed by atoms with E-state index in [2.05, 4.69) is 4.98 Å². The van der Waals surface area contributed by atoms with E-state index in [1.807, 2.05) is 0 Å². The number of ether oxygens (including phenoxy) is 2. The molecule has 0 atom stereocenters. The maximum atomic E-state index is 13.6. The Morgan fingerprint density at radius 2 is 2.00 bits per heavy atom. The molecule has 0 saturated carbocycles. The summed E-state index contributed by atoms with van der Waals surface area (Å²) in [6.45, 7) is 0.625. The highest BCUT2D eigenvalue weighted by Crippen LogP contribution is 2.22. The van der Waals surface area contributed by atoms with Gasteiger partial charge in [0.25, 0.3) is 5.91 Å². The van der Waals surface area contributed by atoms with Crippen molar-refractivity contribution in [2.45, 2.75) is 12.7 Å². The van der Waals surface area contributed by atoms with Gasteiger partial charge in [0.15, 0.2) is 23.9 Å². The van der Waals surface area contributed by atoms with Crippen molar-refractivity contribution in [3.8, 4) is 11.5 Å². The van der Waals surface area contributed by atoms with Gasteiger partial charge in [-0.1, -0.05) is 18.2 Å². The third kappa shape index (κ3) is 3.95. The molecule has 0 aliphatic carbocycles. The second-order valence-electron chi connectivity index (χ2n) is 6.25. The number of hydrogen-bond donors (Lipinski definition) is 0. The van der Waals surface area contributed by atoms with Crippen molar-refractivity contribution in [3.05, 3.63) is 78.0 Å². The number of halogens is 2. The second-order valence-corrected chi connectivity index (χ2v) is 6.25. The fraction of sp³-hybridized carbons (Fsp3) is 0.200. The minimum absolute atomic E-state index is 0.0320. The van der Waals surface area contributed by atoms with E-state index in [1.165, 1.54) is 35.4 Å². The molecule has 0 bridgehead atoms. The Morgan fingerprint density at radius 1 is 1.18 bits per heavy atom. The van der Waals surface area contributed by atoms with Crippen LogP contribution < -0.4 is 9.47 Å². The first-order chi connectivity index (χ1) is 13.6. The van der Waals surface area contributed by atoms with Gasteiger partial charge in [0.1, 0.15) is 23.9 Å². The molecule has 144 valence electrons. The Kier molecular flexibility index (Phi) is 4.92. The number of benzene rings is 2. The molecule has 2 aromatic carbocycles. The van der Waals surface area contributed by atoms with Gasteiger partial charge in [0, 0.05) is 6.07 Å². The van der Waals surface area contributed by atoms with Gasteiger partial charge < -0.3 is 18.8 Å². The van der Waals surface area contributed by atoms with Crippen molar-refractivity contribution in [2.24, 2.45) is 0 Å². The van der Waals surface area contributed by atoms with E-state index in [1.54, 1.807) is 24.3 Å². The van der Waals surface area contributed by atoms with Gasteiger partial charge in [0.05, 0.1) is 13.1 Å². The summed E-state index contributed by atoms with van der Waals surface area (Å²) in [6, 6.07) is 11.8. The topological polar surface area (TPSA) is 64.8 Å². The highest BCUT2D eigenvalue weighted by Gasteiger charge is 2.34. The van der Waals surface area contributed by atoms with Crippen molar-refractivity contribution in [3.63, 3.8) is 0 Å². The van der Waals surface area contributed by atoms with Crippen LogP contribution in [0.3, 0.4) is 0 Å². The summed E-state index contributed by atoms with van der Waals surface area (Å²) in [5.74, 6) is -0.460. The molecule has 8 heteroatoms. The number of carbonyl (C=O) groups excluding carboxylic acids is 1. The molecule has 0 N–H and O–H groups in total. The molecule has 3 aromatic rings. The number of aromatic nitrogens is 1. The number of para-hydroxylation sites is 1. The Morgan fingerprint density at radius 3 is 2.79 bits per heavy atom. The summed E-state index contributed by atoms with van der Waals surface area (Å²) in [6.07, 6.45) is 0.973. The van der Waals surface area contributed by atoms with E-state index >= 15 is 0 Å². The fourth-order valence-corrected chi connectivity index (χ4v) is 2.74. The zero-order chi connectivity index (χ0) is 19.5. The first-order valence-electron chi connectivity index (χ1n) is 8.62. The molecule has 1 fully saturated rings. The van der Waals surface area contributed by atoms with Crippen LogP contribution in [0.25, 0.3) is 0 Å². The lowest BCUT2D eigenvalue weighted by Gasteiger charge is -2.38. The molecule has 0 spiro atoms. The predicted molar refractivity (Wildman–Crippen MR) is 94.0 cm³/mol. The van der Waals surface area contributed by atoms with Gasteiger partial charge in [-0.25, -0.2) is 13.8 Å². The van der Waals surface area contributed by atoms with Crippen molar-refractivity contribution < 1.29 is 27.5 Å². The quantitative estimate of drug-likeness (QED) is 0.649. The molecule has 1 aromatic heterocycles. The van der Waals surface area contributed by atoms with Crippen LogP contribution in [-0.4, -0.2) is 35.0 Å². The van der Waals surface area contributed by atoms with Crippen molar-refractivity contribution in [1.82, 2.24) is 9.88 Å². The molecule has 0 unspecified atom stereocenters. The Bertz CT molecular complexity index is 986. The zero-order valence-corrected chi connectivity index (χ0v) is 14.7. The van der Waals surface area contributed by atoms with E-state index in [9.17, 15) is 13.6 Å². The second kappa shape index (κ2) is 7.67. The van der Waals surface area contributed by atoms with E-state index in [0.29, 0.717) is 18.8 Å². The molecule has 4 rings (SSSR count). The predicted octanol–water partition coefficient (Wildman–Crippen LogP) is 3.44. The normalized spacial score (nSPS) is 13.9. The van der Waals surface area contributed by atoms with Gasteiger partial charge in [-0.3, -0.25) is 4.79 Å². The first kappa shape index (κ1) is 18.0. The smallest absolute Gasteiger partial charge is 0.276 e. The minimum Gasteiger partial charge on any atom is -0.484 e. The number of hydrogen-bond acceptors (Lipinski definition) is 5. The van der Waals surface area contributed by atoms with Gasteiger partial charge in [-0.2, -0.15) is 0 Å². The standard InChI is InChI=1S/C20H16F2N2O4/c21-13-4-3-5-14(8-13)26-12-19-23-17(11-27-19)20(25)24-9-15(10-24)28-18-7-2-1-6-16(18)22/h1-8,11,15H,9-10,12H2. The van der Waals surface area contributed by atoms with Crippen molar-refractivity contribution >= 4 is 5.91 Å². The summed E-state index contributed by atoms with van der Waals surface area (Å²) in [5.41, 5.74) is 0.141. The first-order valence-corrected chi connectivity index (χ1v) is 8.62. The maximum absolute atomic E-state index is 13.6. The van der Waals surface area contributed by atoms with E-state index in [4.69, 9.17) is 13.9 Å². The summed E-state index contributed by atoms with van der Waals surface area (Å²) >= 11 is 0. The SMILES string of the molecule is O=C(c1coc(COc2cccc(F)c2)n1)N1CC(Oc2ccccc2F)C1. The third-order valence-electron chi connectivity index (χ3n) is 4.19. The van der Waals surface area contributed by atoms with Crippen molar-refractivity contribution in [2.75, 3.05) is 13.1 Å². The molecule has 1 aliphatic rings. The molecule has 28 heavy (non-hydrogen) atoms. The summed E-state index contributed by atoms with van der Waals surface area (Å²) in [5, 5.41) is 0. The molecule has 2 heterocycles. The van der Waals surface area contributed by atoms with Crippen molar-refractivity contribution in [1.29, 1.82) is 0 Å². The number of amides is 1. The van der Waals surface area contributed by atoms with E-state index in [-0.39, 0.29) is 36.0 Å². The number of likely N-dealkylation sites (tertiary alicyclic amines) is 1. The van der Waals surface area contributed by atoms with Crippen LogP contribution in [0.4, 0.5) is 8.78 Å². The number of nitrogens with zero attached hydrogens (tertiary/aromatic N) is 2. The van der Waals surface area contributed by atoms with Gasteiger partial charge in [0.2, 0.25) is 5.89 Å². The number of oxazole rings is 1. The van der Waals surface area contributed by atoms with Gasteiger partial charge >= 0.3 is 0 Å². The summed E-state index contributed by atoms with van der Waals surface area (Å²) in [4.78, 5) is 18.0. The molecule has 6 nitrogen and oxygen atoms in total. The van der Waals surface area contributed by atoms with Crippen LogP contribution in [0.5, 0.6) is 11.5 Å². The molecule has 1 aliphatic heterocycles. The molecular formula is C20H16F2N2O4. The average Bonchev–Trinajstić information content (AvgIpc) is 3.13. The molecular weight excluding hydrogens is 370 g/mol. The average molecular weight is 386 g/mol. The summed E-state index contributed by atoms with van der Waals surface area (Å²) in [7, 11) is 0. The lowest BCUT2D eigenvalue weighted by atomic mass is 10.1. The maximum Gasteiger partial charge on any atom is 0.276 e. The molecule has 0 radical (unpaired) electrons. The lowest BCUT2D eigenvalue weighted by Crippen LogP contribution is -2.56. The van der Waals surface area contributed by atoms with Crippen LogP contribution in [-0.2, 0) is 6.61 Å². The highest BCUT2D eigenvalue weighted by molar-refractivity contribution is 5.92. The van der Waals surface area contributed by atoms with E-state index < -0.39 is 11.6 Å². The summed E-state index contributed by atoms with van der Waals surface area (Å²) < 4.78 is 42.9. The Hall–Kier alpha value is -3.42. The van der Waals surface area contributed by atoms with Crippen LogP contribution in [0, 0.1) is 11.6 Å². The number of rotatable bonds is 6. The Balaban J connectivity index is 1.29. The highest BCUT2D eigenvalue weighted by atomic mass is 19.1. The molecule has 1 saturated heterocycles. The Labute approximate surface area is 159 Å². The monoisotopic (exact) mass is 386 g/mol. The fourth-order valence-electron chi connectivity index (χ4n) is 2.74. The zero-order valence-electron chi connectivity index (χ0n) is 14.7. The van der Waals surface area contributed by atoms with Gasteiger partial charge in [-0.15, -0.1) is 0 Å². The lowest BCUT2D eigenvalue weighted by molar-refractivity contribution is 0.0159. The third-order valence-corrected chi connectivity index (χ3v) is 4.19. The minimum atomic E-state index is -0.438. The van der Waals surface area contributed by atoms with Crippen LogP contribution >= 0.6 is 0 Å².